The molecule has 0 aliphatic carbocycles. The Morgan fingerprint density at radius 1 is 1.53 bits per heavy atom. The summed E-state index contributed by atoms with van der Waals surface area (Å²) in [4.78, 5) is 14.7. The summed E-state index contributed by atoms with van der Waals surface area (Å²) < 4.78 is 44.8. The van der Waals surface area contributed by atoms with Crippen molar-refractivity contribution < 1.29 is 27.4 Å². The van der Waals surface area contributed by atoms with E-state index in [-0.39, 0.29) is 9.45 Å². The minimum atomic E-state index is -4.94. The number of carbonyl (C=O) groups excluding carboxylic acids is 1. The molecule has 0 fully saturated rings. The minimum absolute atomic E-state index is 0.160. The average Bonchev–Trinajstić information content (AvgIpc) is 2.17. The Morgan fingerprint density at radius 2 is 2.12 bits per heavy atom. The van der Waals surface area contributed by atoms with Crippen LogP contribution in [-0.2, 0) is 0 Å². The minimum Gasteiger partial charge on any atom is -0.493 e. The number of carbonyl (C=O) groups is 1. The number of ether oxygens (including phenoxy) is 2. The Morgan fingerprint density at radius 3 is 2.53 bits per heavy atom. The lowest BCUT2D eigenvalue weighted by Crippen LogP contribution is -2.19. The van der Waals surface area contributed by atoms with Gasteiger partial charge in [-0.2, -0.15) is 0 Å². The van der Waals surface area contributed by atoms with Crippen molar-refractivity contribution in [3.63, 3.8) is 0 Å². The van der Waals surface area contributed by atoms with Crippen LogP contribution in [0.2, 0.25) is 0 Å². The Bertz CT molecular complexity index is 452. The molecule has 1 heterocycles. The molecule has 4 nitrogen and oxygen atoms in total. The summed E-state index contributed by atoms with van der Waals surface area (Å²) in [6.45, 7) is 0. The van der Waals surface area contributed by atoms with Gasteiger partial charge in [-0.25, -0.2) is 4.98 Å². The van der Waals surface area contributed by atoms with Gasteiger partial charge in [0.05, 0.1) is 13.3 Å². The first-order chi connectivity index (χ1) is 7.76. The van der Waals surface area contributed by atoms with Gasteiger partial charge in [0, 0.05) is 0 Å². The first-order valence-corrected chi connectivity index (χ1v) is 5.40. The van der Waals surface area contributed by atoms with Crippen molar-refractivity contribution in [2.24, 2.45) is 0 Å². The Balaban J connectivity index is 3.36. The average molecular weight is 381 g/mol. The largest absolute Gasteiger partial charge is 0.573 e. The van der Waals surface area contributed by atoms with E-state index in [0.717, 1.165) is 6.20 Å². The van der Waals surface area contributed by atoms with Crippen LogP contribution in [0.3, 0.4) is 0 Å². The number of hydrogen-bond donors (Lipinski definition) is 0. The Hall–Kier alpha value is -0.770. The lowest BCUT2D eigenvalue weighted by molar-refractivity contribution is -0.274. The van der Waals surface area contributed by atoms with Crippen LogP contribution in [-0.4, -0.2) is 23.7 Å². The van der Waals surface area contributed by atoms with Crippen LogP contribution in [0.5, 0.6) is 11.5 Å². The van der Waals surface area contributed by atoms with Crippen LogP contribution in [0.4, 0.5) is 13.2 Å². The highest BCUT2D eigenvalue weighted by Gasteiger charge is 2.34. The number of nitrogens with zero attached hydrogens (tertiary/aromatic N) is 1. The zero-order chi connectivity index (χ0) is 13.2. The highest BCUT2D eigenvalue weighted by molar-refractivity contribution is 14.1. The second kappa shape index (κ2) is 5.25. The maximum absolute atomic E-state index is 12.1. The second-order valence-corrected chi connectivity index (χ2v) is 4.01. The molecule has 94 valence electrons. The van der Waals surface area contributed by atoms with Gasteiger partial charge in [-0.3, -0.25) is 4.79 Å². The smallest absolute Gasteiger partial charge is 0.493 e. The third-order valence-corrected chi connectivity index (χ3v) is 2.54. The monoisotopic (exact) mass is 381 g/mol. The fourth-order valence-electron chi connectivity index (χ4n) is 1.03. The van der Waals surface area contributed by atoms with E-state index in [9.17, 15) is 18.0 Å². The van der Waals surface area contributed by atoms with Gasteiger partial charge in [-0.05, 0) is 34.2 Å². The van der Waals surface area contributed by atoms with Gasteiger partial charge in [-0.1, -0.05) is 0 Å². The van der Waals surface area contributed by atoms with Crippen molar-refractivity contribution in [3.8, 4) is 11.5 Å². The third-order valence-electron chi connectivity index (χ3n) is 1.58. The molecule has 1 aromatic heterocycles. The summed E-state index contributed by atoms with van der Waals surface area (Å²) in [5.74, 6) is -0.956. The second-order valence-electron chi connectivity index (χ2n) is 2.64. The molecule has 0 N–H and O–H groups in total. The number of aromatic nitrogens is 1. The molecule has 1 aromatic rings. The zero-order valence-corrected chi connectivity index (χ0v) is 11.1. The van der Waals surface area contributed by atoms with Gasteiger partial charge in [0.15, 0.2) is 11.5 Å². The number of pyridine rings is 1. The molecule has 0 atom stereocenters. The van der Waals surface area contributed by atoms with E-state index in [1.54, 1.807) is 22.6 Å². The molecule has 0 saturated carbocycles. The van der Waals surface area contributed by atoms with Gasteiger partial charge in [0.25, 0.3) is 5.24 Å². The van der Waals surface area contributed by atoms with Crippen LogP contribution in [0.25, 0.3) is 0 Å². The Kier molecular flexibility index (Phi) is 4.42. The van der Waals surface area contributed by atoms with Crippen LogP contribution in [0, 0.1) is 3.70 Å². The normalized spacial score (nSPS) is 11.2. The van der Waals surface area contributed by atoms with E-state index < -0.39 is 22.9 Å². The molecule has 0 amide bonds. The van der Waals surface area contributed by atoms with Crippen molar-refractivity contribution in [1.29, 1.82) is 0 Å². The van der Waals surface area contributed by atoms with E-state index in [1.165, 1.54) is 7.11 Å². The molecule has 1 rings (SSSR count). The molecule has 0 aliphatic rings. The molecule has 0 bridgehead atoms. The molecule has 0 radical (unpaired) electrons. The van der Waals surface area contributed by atoms with Crippen LogP contribution in [0.1, 0.15) is 10.4 Å². The van der Waals surface area contributed by atoms with Crippen LogP contribution < -0.4 is 9.47 Å². The molecule has 17 heavy (non-hydrogen) atoms. The van der Waals surface area contributed by atoms with Crippen LogP contribution >= 0.6 is 34.2 Å². The van der Waals surface area contributed by atoms with Gasteiger partial charge in [0.2, 0.25) is 0 Å². The molecule has 0 spiro atoms. The van der Waals surface area contributed by atoms with Gasteiger partial charge < -0.3 is 9.47 Å². The molecular formula is C8H4ClF3INO3. The van der Waals surface area contributed by atoms with E-state index >= 15 is 0 Å². The van der Waals surface area contributed by atoms with E-state index in [0.29, 0.717) is 0 Å². The van der Waals surface area contributed by atoms with Crippen molar-refractivity contribution in [3.05, 3.63) is 15.5 Å². The van der Waals surface area contributed by atoms with E-state index in [4.69, 9.17) is 16.3 Å². The third kappa shape index (κ3) is 3.60. The summed E-state index contributed by atoms with van der Waals surface area (Å²) in [6.07, 6.45) is -4.19. The number of halogens is 5. The quantitative estimate of drug-likeness (QED) is 0.459. The Labute approximate surface area is 112 Å². The number of rotatable bonds is 3. The van der Waals surface area contributed by atoms with Crippen molar-refractivity contribution in [2.75, 3.05) is 7.11 Å². The highest BCUT2D eigenvalue weighted by Crippen LogP contribution is 2.35. The predicted molar refractivity (Wildman–Crippen MR) is 60.4 cm³/mol. The summed E-state index contributed by atoms with van der Waals surface area (Å²) in [5.41, 5.74) is -0.508. The summed E-state index contributed by atoms with van der Waals surface area (Å²) in [6, 6.07) is 0. The van der Waals surface area contributed by atoms with Crippen LogP contribution in [0.15, 0.2) is 6.20 Å². The maximum atomic E-state index is 12.1. The standard InChI is InChI=1S/C8H4ClF3INO3/c1-16-5-4(6(9)15)3(2-14-7(5)13)17-8(10,11)12/h2H,1H3. The van der Waals surface area contributed by atoms with Gasteiger partial charge in [-0.15, -0.1) is 13.2 Å². The number of hydrogen-bond acceptors (Lipinski definition) is 4. The van der Waals surface area contributed by atoms with Gasteiger partial charge in [0.1, 0.15) is 9.26 Å². The van der Waals surface area contributed by atoms with E-state index in [1.807, 2.05) is 0 Å². The molecule has 0 saturated heterocycles. The number of methoxy groups -OCH3 is 1. The molecular weight excluding hydrogens is 377 g/mol. The summed E-state index contributed by atoms with van der Waals surface area (Å²) in [5, 5.41) is -1.12. The van der Waals surface area contributed by atoms with Crippen molar-refractivity contribution in [1.82, 2.24) is 4.98 Å². The van der Waals surface area contributed by atoms with E-state index in [2.05, 4.69) is 9.72 Å². The molecule has 0 unspecified atom stereocenters. The molecule has 9 heteroatoms. The fourth-order valence-corrected chi connectivity index (χ4v) is 1.84. The predicted octanol–water partition coefficient (Wildman–Crippen LogP) is 2.97. The number of alkyl halides is 3. The first-order valence-electron chi connectivity index (χ1n) is 3.94. The first kappa shape index (κ1) is 14.3. The highest BCUT2D eigenvalue weighted by atomic mass is 127. The van der Waals surface area contributed by atoms with Crippen molar-refractivity contribution >= 4 is 39.4 Å². The summed E-state index contributed by atoms with van der Waals surface area (Å²) in [7, 11) is 1.18. The topological polar surface area (TPSA) is 48.4 Å². The lowest BCUT2D eigenvalue weighted by Gasteiger charge is -2.14. The SMILES string of the molecule is COc1c(I)ncc(OC(F)(F)F)c1C(=O)Cl. The van der Waals surface area contributed by atoms with Gasteiger partial charge >= 0.3 is 6.36 Å². The summed E-state index contributed by atoms with van der Waals surface area (Å²) >= 11 is 6.89. The zero-order valence-electron chi connectivity index (χ0n) is 8.14. The maximum Gasteiger partial charge on any atom is 0.573 e. The lowest BCUT2D eigenvalue weighted by atomic mass is 10.2. The molecule has 0 aliphatic heterocycles. The molecule has 0 aromatic carbocycles. The fraction of sp³-hybridized carbons (Fsp3) is 0.250. The van der Waals surface area contributed by atoms with Crippen molar-refractivity contribution in [2.45, 2.75) is 6.36 Å².